The molecule has 35 heavy (non-hydrogen) atoms. The lowest BCUT2D eigenvalue weighted by Crippen LogP contribution is -2.21. The van der Waals surface area contributed by atoms with E-state index in [2.05, 4.69) is 104 Å². The highest BCUT2D eigenvalue weighted by Crippen LogP contribution is 2.34. The van der Waals surface area contributed by atoms with Gasteiger partial charge in [0, 0.05) is 30.6 Å². The largest absolute Gasteiger partial charge is 0.366 e. The van der Waals surface area contributed by atoms with E-state index in [1.165, 1.54) is 27.9 Å². The van der Waals surface area contributed by atoms with E-state index >= 15 is 0 Å². The smallest absolute Gasteiger partial charge is 0.174 e. The zero-order valence-electron chi connectivity index (χ0n) is 19.4. The predicted molar refractivity (Wildman–Crippen MR) is 140 cm³/mol. The number of aromatic nitrogens is 5. The summed E-state index contributed by atoms with van der Waals surface area (Å²) in [4.78, 5) is 7.27. The average molecular weight is 459 g/mol. The van der Waals surface area contributed by atoms with Crippen LogP contribution in [0.1, 0.15) is 33.8 Å². The van der Waals surface area contributed by atoms with Gasteiger partial charge >= 0.3 is 0 Å². The van der Waals surface area contributed by atoms with Crippen LogP contribution < -0.4 is 4.90 Å². The summed E-state index contributed by atoms with van der Waals surface area (Å²) >= 11 is 0. The molecule has 6 nitrogen and oxygen atoms in total. The van der Waals surface area contributed by atoms with E-state index in [9.17, 15) is 0 Å². The third-order valence-electron chi connectivity index (χ3n) is 6.57. The van der Waals surface area contributed by atoms with E-state index < -0.39 is 0 Å². The molecule has 2 aromatic heterocycles. The standard InChI is InChI=1S/C29H26N6/c1-2-10-27-23(7-1)12-15-26(30-27)14-11-21-5-3-6-22(19-21)20-35-18-17-25-9-4-8-24(29(25)35)13-16-28-31-33-34-32-28/h1-12,14-15,19H,13,16-18,20H2,(H,31,32,33,34)/b14-11+. The Morgan fingerprint density at radius 1 is 0.886 bits per heavy atom. The third-order valence-corrected chi connectivity index (χ3v) is 6.57. The Labute approximate surface area is 204 Å². The van der Waals surface area contributed by atoms with Crippen LogP contribution in [0.15, 0.2) is 78.9 Å². The summed E-state index contributed by atoms with van der Waals surface area (Å²) in [7, 11) is 0. The molecule has 0 spiro atoms. The van der Waals surface area contributed by atoms with Crippen LogP contribution in [0.4, 0.5) is 5.69 Å². The molecule has 172 valence electrons. The van der Waals surface area contributed by atoms with Crippen LogP contribution in [0.5, 0.6) is 0 Å². The number of nitrogens with zero attached hydrogens (tertiary/aromatic N) is 5. The van der Waals surface area contributed by atoms with Crippen molar-refractivity contribution < 1.29 is 0 Å². The topological polar surface area (TPSA) is 70.6 Å². The lowest BCUT2D eigenvalue weighted by molar-refractivity contribution is 0.819. The molecule has 0 saturated carbocycles. The molecule has 6 rings (SSSR count). The van der Waals surface area contributed by atoms with Gasteiger partial charge in [-0.1, -0.05) is 72.0 Å². The molecule has 5 aromatic rings. The van der Waals surface area contributed by atoms with Gasteiger partial charge in [-0.05, 0) is 59.4 Å². The van der Waals surface area contributed by atoms with Gasteiger partial charge in [-0.3, -0.25) is 0 Å². The summed E-state index contributed by atoms with van der Waals surface area (Å²) in [5.41, 5.74) is 8.62. The molecule has 0 bridgehead atoms. The van der Waals surface area contributed by atoms with Gasteiger partial charge in [0.25, 0.3) is 0 Å². The van der Waals surface area contributed by atoms with Gasteiger partial charge in [-0.25, -0.2) is 4.98 Å². The minimum atomic E-state index is 0.757. The summed E-state index contributed by atoms with van der Waals surface area (Å²) < 4.78 is 0. The van der Waals surface area contributed by atoms with Crippen LogP contribution in [-0.2, 0) is 25.8 Å². The molecule has 3 heterocycles. The maximum atomic E-state index is 4.76. The van der Waals surface area contributed by atoms with Gasteiger partial charge in [-0.2, -0.15) is 5.21 Å². The average Bonchev–Trinajstić information content (AvgIpc) is 3.57. The molecule has 1 aliphatic heterocycles. The van der Waals surface area contributed by atoms with Crippen LogP contribution in [-0.4, -0.2) is 32.2 Å². The Kier molecular flexibility index (Phi) is 5.77. The second kappa shape index (κ2) is 9.50. The summed E-state index contributed by atoms with van der Waals surface area (Å²) in [6.07, 6.45) is 7.00. The van der Waals surface area contributed by atoms with Gasteiger partial charge in [0.2, 0.25) is 0 Å². The molecule has 1 N–H and O–H groups in total. The highest BCUT2D eigenvalue weighted by molar-refractivity contribution is 5.80. The number of hydrogen-bond donors (Lipinski definition) is 1. The number of aryl methyl sites for hydroxylation is 2. The summed E-state index contributed by atoms with van der Waals surface area (Å²) in [5.74, 6) is 0.757. The third kappa shape index (κ3) is 4.68. The minimum absolute atomic E-state index is 0.757. The first-order valence-corrected chi connectivity index (χ1v) is 12.0. The van der Waals surface area contributed by atoms with Crippen molar-refractivity contribution in [2.45, 2.75) is 25.8 Å². The van der Waals surface area contributed by atoms with Gasteiger partial charge in [0.05, 0.1) is 11.2 Å². The van der Waals surface area contributed by atoms with Crippen LogP contribution in [0.25, 0.3) is 23.1 Å². The first-order chi connectivity index (χ1) is 17.3. The Balaban J connectivity index is 1.19. The van der Waals surface area contributed by atoms with Crippen molar-refractivity contribution in [2.75, 3.05) is 11.4 Å². The van der Waals surface area contributed by atoms with Crippen LogP contribution >= 0.6 is 0 Å². The van der Waals surface area contributed by atoms with Crippen molar-refractivity contribution in [3.63, 3.8) is 0 Å². The molecular formula is C29H26N6. The highest BCUT2D eigenvalue weighted by atomic mass is 15.5. The molecule has 6 heteroatoms. The van der Waals surface area contributed by atoms with Crippen molar-refractivity contribution in [3.05, 3.63) is 113 Å². The molecule has 0 radical (unpaired) electrons. The highest BCUT2D eigenvalue weighted by Gasteiger charge is 2.22. The number of H-pyrrole nitrogens is 1. The van der Waals surface area contributed by atoms with E-state index in [-0.39, 0.29) is 0 Å². The number of hydrogen-bond acceptors (Lipinski definition) is 5. The van der Waals surface area contributed by atoms with E-state index in [4.69, 9.17) is 4.98 Å². The Morgan fingerprint density at radius 3 is 2.77 bits per heavy atom. The van der Waals surface area contributed by atoms with Crippen molar-refractivity contribution in [2.24, 2.45) is 0 Å². The second-order valence-electron chi connectivity index (χ2n) is 8.93. The second-order valence-corrected chi connectivity index (χ2v) is 8.93. The Morgan fingerprint density at radius 2 is 1.83 bits per heavy atom. The van der Waals surface area contributed by atoms with Crippen molar-refractivity contribution in [3.8, 4) is 0 Å². The van der Waals surface area contributed by atoms with E-state index in [0.717, 1.165) is 54.8 Å². The van der Waals surface area contributed by atoms with Crippen molar-refractivity contribution >= 4 is 28.7 Å². The number of pyridine rings is 1. The van der Waals surface area contributed by atoms with Crippen LogP contribution in [0.2, 0.25) is 0 Å². The molecule has 0 fully saturated rings. The van der Waals surface area contributed by atoms with Crippen LogP contribution in [0, 0.1) is 0 Å². The maximum Gasteiger partial charge on any atom is 0.174 e. The number of anilines is 1. The summed E-state index contributed by atoms with van der Waals surface area (Å²) in [6.45, 7) is 1.93. The molecule has 3 aromatic carbocycles. The Hall–Kier alpha value is -4.32. The fourth-order valence-corrected chi connectivity index (χ4v) is 4.89. The molecule has 1 aliphatic rings. The molecular weight excluding hydrogens is 432 g/mol. The van der Waals surface area contributed by atoms with Gasteiger partial charge in [-0.15, -0.1) is 10.2 Å². The number of rotatable bonds is 7. The first-order valence-electron chi connectivity index (χ1n) is 12.0. The lowest BCUT2D eigenvalue weighted by Gasteiger charge is -2.22. The van der Waals surface area contributed by atoms with E-state index in [0.29, 0.717) is 0 Å². The fraction of sp³-hybridized carbons (Fsp3) is 0.172. The molecule has 0 amide bonds. The van der Waals surface area contributed by atoms with Gasteiger partial charge in [0.15, 0.2) is 5.82 Å². The molecule has 0 atom stereocenters. The molecule has 0 aliphatic carbocycles. The Bertz CT molecular complexity index is 1490. The number of para-hydroxylation sites is 2. The van der Waals surface area contributed by atoms with Crippen LogP contribution in [0.3, 0.4) is 0 Å². The summed E-state index contributed by atoms with van der Waals surface area (Å²) in [5, 5.41) is 15.6. The number of fused-ring (bicyclic) bond motifs is 2. The molecule has 0 unspecified atom stereocenters. The van der Waals surface area contributed by atoms with Crippen molar-refractivity contribution in [1.29, 1.82) is 0 Å². The quantitative estimate of drug-likeness (QED) is 0.360. The van der Waals surface area contributed by atoms with Crippen molar-refractivity contribution in [1.82, 2.24) is 25.6 Å². The fourth-order valence-electron chi connectivity index (χ4n) is 4.89. The maximum absolute atomic E-state index is 4.76. The zero-order chi connectivity index (χ0) is 23.5. The van der Waals surface area contributed by atoms with E-state index in [1.54, 1.807) is 0 Å². The monoisotopic (exact) mass is 458 g/mol. The zero-order valence-corrected chi connectivity index (χ0v) is 19.4. The number of aromatic amines is 1. The number of benzene rings is 3. The van der Waals surface area contributed by atoms with Gasteiger partial charge in [0.1, 0.15) is 0 Å². The minimum Gasteiger partial charge on any atom is -0.366 e. The predicted octanol–water partition coefficient (Wildman–Crippen LogP) is 5.27. The molecule has 0 saturated heterocycles. The lowest BCUT2D eigenvalue weighted by atomic mass is 10.0. The number of nitrogens with one attached hydrogen (secondary N) is 1. The normalized spacial score (nSPS) is 13.1. The summed E-state index contributed by atoms with van der Waals surface area (Å²) in [6, 6.07) is 27.8. The van der Waals surface area contributed by atoms with Gasteiger partial charge < -0.3 is 4.90 Å². The number of tetrazole rings is 1. The first kappa shape index (κ1) is 21.2. The SMILES string of the molecule is C(=C\c1ccc2ccccc2n1)/c1cccc(CN2CCc3cccc(CCc4nn[nH]n4)c32)c1. The van der Waals surface area contributed by atoms with E-state index in [1.807, 2.05) is 12.1 Å².